The van der Waals surface area contributed by atoms with Gasteiger partial charge in [-0.05, 0) is 25.7 Å². The lowest BCUT2D eigenvalue weighted by atomic mass is 9.89. The number of aliphatic carboxylic acids is 1. The Labute approximate surface area is 106 Å². The molecule has 2 aliphatic rings. The normalized spacial score (nSPS) is 29.6. The summed E-state index contributed by atoms with van der Waals surface area (Å²) in [6.45, 7) is 1.19. The van der Waals surface area contributed by atoms with Gasteiger partial charge in [0.1, 0.15) is 0 Å². The molecule has 0 spiro atoms. The van der Waals surface area contributed by atoms with E-state index in [0.717, 1.165) is 19.3 Å². The largest absolute Gasteiger partial charge is 0.481 e. The first-order valence-corrected chi connectivity index (χ1v) is 6.43. The number of ether oxygens (including phenoxy) is 1. The highest BCUT2D eigenvalue weighted by Crippen LogP contribution is 2.41. The summed E-state index contributed by atoms with van der Waals surface area (Å²) in [6, 6.07) is -0.129. The van der Waals surface area contributed by atoms with Crippen LogP contribution in [0.2, 0.25) is 0 Å². The number of urea groups is 1. The molecule has 2 N–H and O–H groups in total. The van der Waals surface area contributed by atoms with Crippen molar-refractivity contribution in [3.63, 3.8) is 0 Å². The number of rotatable bonds is 5. The molecule has 2 saturated heterocycles. The van der Waals surface area contributed by atoms with Crippen molar-refractivity contribution in [1.29, 1.82) is 0 Å². The highest BCUT2D eigenvalue weighted by molar-refractivity contribution is 5.79. The molecule has 18 heavy (non-hydrogen) atoms. The molecule has 2 amide bonds. The summed E-state index contributed by atoms with van der Waals surface area (Å²) in [5, 5.41) is 11.9. The van der Waals surface area contributed by atoms with Gasteiger partial charge >= 0.3 is 12.0 Å². The van der Waals surface area contributed by atoms with E-state index >= 15 is 0 Å². The number of hydrogen-bond donors (Lipinski definition) is 2. The van der Waals surface area contributed by atoms with E-state index in [1.165, 1.54) is 0 Å². The molecular formula is C12H20N2O4. The lowest BCUT2D eigenvalue weighted by Crippen LogP contribution is -2.44. The Morgan fingerprint density at radius 3 is 2.83 bits per heavy atom. The Hall–Kier alpha value is -1.30. The van der Waals surface area contributed by atoms with E-state index in [1.54, 1.807) is 12.0 Å². The number of carbonyl (C=O) groups excluding carboxylic acids is 1. The second-order valence-corrected chi connectivity index (χ2v) is 4.96. The van der Waals surface area contributed by atoms with E-state index in [1.807, 2.05) is 0 Å². The second-order valence-electron chi connectivity index (χ2n) is 4.96. The van der Waals surface area contributed by atoms with Gasteiger partial charge in [-0.2, -0.15) is 0 Å². The van der Waals surface area contributed by atoms with E-state index in [9.17, 15) is 9.59 Å². The summed E-state index contributed by atoms with van der Waals surface area (Å²) >= 11 is 0. The van der Waals surface area contributed by atoms with E-state index in [2.05, 4.69) is 5.32 Å². The van der Waals surface area contributed by atoms with Crippen molar-refractivity contribution in [2.45, 2.75) is 37.8 Å². The third-order valence-electron chi connectivity index (χ3n) is 3.89. The highest BCUT2D eigenvalue weighted by atomic mass is 16.5. The number of carboxylic acids is 1. The first kappa shape index (κ1) is 13.1. The standard InChI is InChI=1S/C12H20N2O4/c1-18-6-2-5-13-12(17)14-8-3-4-10(14)9(7-8)11(15)16/h8-10H,2-7H2,1H3,(H,13,17)(H,15,16). The zero-order chi connectivity index (χ0) is 13.1. The van der Waals surface area contributed by atoms with Crippen molar-refractivity contribution in [2.24, 2.45) is 5.92 Å². The van der Waals surface area contributed by atoms with Crippen LogP contribution in [0.25, 0.3) is 0 Å². The molecule has 2 fully saturated rings. The van der Waals surface area contributed by atoms with Gasteiger partial charge in [-0.15, -0.1) is 0 Å². The van der Waals surface area contributed by atoms with Crippen LogP contribution in [-0.4, -0.2) is 54.4 Å². The number of nitrogens with one attached hydrogen (secondary N) is 1. The fourth-order valence-electron chi connectivity index (χ4n) is 3.07. The molecule has 102 valence electrons. The summed E-state index contributed by atoms with van der Waals surface area (Å²) in [6.07, 6.45) is 3.12. The SMILES string of the molecule is COCCCNC(=O)N1C2CCC1C(C(=O)O)C2. The minimum absolute atomic E-state index is 0.110. The summed E-state index contributed by atoms with van der Waals surface area (Å²) in [5.41, 5.74) is 0. The smallest absolute Gasteiger partial charge is 0.317 e. The van der Waals surface area contributed by atoms with E-state index in [-0.39, 0.29) is 24.0 Å². The van der Waals surface area contributed by atoms with Crippen LogP contribution in [-0.2, 0) is 9.53 Å². The Bertz CT molecular complexity index is 334. The number of fused-ring (bicyclic) bond motifs is 2. The lowest BCUT2D eigenvalue weighted by molar-refractivity contribution is -0.142. The van der Waals surface area contributed by atoms with Crippen LogP contribution in [0.4, 0.5) is 4.79 Å². The van der Waals surface area contributed by atoms with Crippen LogP contribution in [0, 0.1) is 5.92 Å². The van der Waals surface area contributed by atoms with Crippen LogP contribution < -0.4 is 5.32 Å². The van der Waals surface area contributed by atoms with E-state index < -0.39 is 5.97 Å². The minimum atomic E-state index is -0.778. The number of carbonyl (C=O) groups is 2. The quantitative estimate of drug-likeness (QED) is 0.709. The van der Waals surface area contributed by atoms with Crippen LogP contribution >= 0.6 is 0 Å². The second kappa shape index (κ2) is 5.56. The molecule has 6 nitrogen and oxygen atoms in total. The van der Waals surface area contributed by atoms with Gasteiger partial charge in [0.15, 0.2) is 0 Å². The maximum Gasteiger partial charge on any atom is 0.317 e. The predicted molar refractivity (Wildman–Crippen MR) is 64.3 cm³/mol. The van der Waals surface area contributed by atoms with Gasteiger partial charge in [-0.3, -0.25) is 4.79 Å². The van der Waals surface area contributed by atoms with Gasteiger partial charge in [-0.1, -0.05) is 0 Å². The zero-order valence-electron chi connectivity index (χ0n) is 10.6. The molecule has 3 unspecified atom stereocenters. The molecule has 0 aromatic rings. The highest BCUT2D eigenvalue weighted by Gasteiger charge is 2.51. The van der Waals surface area contributed by atoms with Crippen molar-refractivity contribution >= 4 is 12.0 Å². The zero-order valence-corrected chi connectivity index (χ0v) is 10.6. The molecule has 0 aromatic carbocycles. The van der Waals surface area contributed by atoms with E-state index in [0.29, 0.717) is 19.6 Å². The number of carboxylic acid groups (broad SMARTS) is 1. The minimum Gasteiger partial charge on any atom is -0.481 e. The van der Waals surface area contributed by atoms with Crippen LogP contribution in [0.3, 0.4) is 0 Å². The van der Waals surface area contributed by atoms with Crippen molar-refractivity contribution in [2.75, 3.05) is 20.3 Å². The molecule has 0 saturated carbocycles. The summed E-state index contributed by atoms with van der Waals surface area (Å²) in [4.78, 5) is 24.8. The van der Waals surface area contributed by atoms with Crippen molar-refractivity contribution < 1.29 is 19.4 Å². The molecule has 2 bridgehead atoms. The van der Waals surface area contributed by atoms with E-state index in [4.69, 9.17) is 9.84 Å². The van der Waals surface area contributed by atoms with Gasteiger partial charge in [0.05, 0.1) is 5.92 Å². The first-order chi connectivity index (χ1) is 8.65. The Morgan fingerprint density at radius 1 is 1.44 bits per heavy atom. The van der Waals surface area contributed by atoms with Gasteiger partial charge in [0.25, 0.3) is 0 Å². The van der Waals surface area contributed by atoms with Crippen molar-refractivity contribution in [3.05, 3.63) is 0 Å². The summed E-state index contributed by atoms with van der Waals surface area (Å²) in [7, 11) is 1.62. The number of methoxy groups -OCH3 is 1. The Balaban J connectivity index is 1.86. The van der Waals surface area contributed by atoms with Gasteiger partial charge < -0.3 is 20.1 Å². The van der Waals surface area contributed by atoms with Gasteiger partial charge in [0.2, 0.25) is 0 Å². The number of nitrogens with zero attached hydrogens (tertiary/aromatic N) is 1. The molecule has 0 aromatic heterocycles. The molecule has 0 radical (unpaired) electrons. The topological polar surface area (TPSA) is 78.9 Å². The van der Waals surface area contributed by atoms with Crippen molar-refractivity contribution in [3.8, 4) is 0 Å². The number of hydrogen-bond acceptors (Lipinski definition) is 3. The van der Waals surface area contributed by atoms with Crippen LogP contribution in [0.15, 0.2) is 0 Å². The van der Waals surface area contributed by atoms with Gasteiger partial charge in [-0.25, -0.2) is 4.79 Å². The Morgan fingerprint density at radius 2 is 2.22 bits per heavy atom. The molecule has 0 aliphatic carbocycles. The lowest BCUT2D eigenvalue weighted by Gasteiger charge is -2.23. The first-order valence-electron chi connectivity index (χ1n) is 6.43. The van der Waals surface area contributed by atoms with Crippen LogP contribution in [0.1, 0.15) is 25.7 Å². The summed E-state index contributed by atoms with van der Waals surface area (Å²) < 4.78 is 4.91. The Kier molecular flexibility index (Phi) is 4.06. The third kappa shape index (κ3) is 2.43. The fourth-order valence-corrected chi connectivity index (χ4v) is 3.07. The van der Waals surface area contributed by atoms with Gasteiger partial charge in [0, 0.05) is 32.3 Å². The van der Waals surface area contributed by atoms with Crippen molar-refractivity contribution in [1.82, 2.24) is 10.2 Å². The number of amides is 2. The molecule has 2 rings (SSSR count). The van der Waals surface area contributed by atoms with Crippen LogP contribution in [0.5, 0.6) is 0 Å². The molecule has 3 atom stereocenters. The summed E-state index contributed by atoms with van der Waals surface area (Å²) in [5.74, 6) is -1.16. The molecule has 2 aliphatic heterocycles. The maximum atomic E-state index is 12.0. The third-order valence-corrected chi connectivity index (χ3v) is 3.89. The molecular weight excluding hydrogens is 236 g/mol. The monoisotopic (exact) mass is 256 g/mol. The maximum absolute atomic E-state index is 12.0. The molecule has 6 heteroatoms. The molecule has 2 heterocycles. The predicted octanol–water partition coefficient (Wildman–Crippen LogP) is 0.670. The fraction of sp³-hybridized carbons (Fsp3) is 0.833. The average molecular weight is 256 g/mol. The average Bonchev–Trinajstić information content (AvgIpc) is 2.91.